The zero-order valence-corrected chi connectivity index (χ0v) is 17.0. The van der Waals surface area contributed by atoms with Crippen LogP contribution < -0.4 is 4.74 Å². The summed E-state index contributed by atoms with van der Waals surface area (Å²) in [6, 6.07) is 10.0. The lowest BCUT2D eigenvalue weighted by Gasteiger charge is -2.38. The highest BCUT2D eigenvalue weighted by atomic mass is 16.5. The Morgan fingerprint density at radius 1 is 1.00 bits per heavy atom. The predicted molar refractivity (Wildman–Crippen MR) is 109 cm³/mol. The van der Waals surface area contributed by atoms with E-state index < -0.39 is 0 Å². The molecule has 2 heterocycles. The number of piperazine rings is 1. The van der Waals surface area contributed by atoms with Crippen LogP contribution in [0.1, 0.15) is 39.0 Å². The lowest BCUT2D eigenvalue weighted by molar-refractivity contribution is -0.137. The van der Waals surface area contributed by atoms with E-state index in [-0.39, 0.29) is 11.8 Å². The maximum atomic E-state index is 12.6. The van der Waals surface area contributed by atoms with E-state index in [0.717, 1.165) is 44.6 Å². The van der Waals surface area contributed by atoms with Crippen LogP contribution in [0.2, 0.25) is 0 Å². The molecule has 1 unspecified atom stereocenters. The molecule has 6 nitrogen and oxygen atoms in total. The minimum atomic E-state index is 0.187. The van der Waals surface area contributed by atoms with Crippen molar-refractivity contribution in [3.63, 3.8) is 0 Å². The molecule has 28 heavy (non-hydrogen) atoms. The molecule has 1 aromatic rings. The van der Waals surface area contributed by atoms with Gasteiger partial charge in [0.2, 0.25) is 11.8 Å². The van der Waals surface area contributed by atoms with Gasteiger partial charge in [-0.05, 0) is 44.7 Å². The Labute approximate surface area is 168 Å². The Balaban J connectivity index is 1.32. The van der Waals surface area contributed by atoms with Crippen LogP contribution in [0, 0.1) is 0 Å². The molecule has 154 valence electrons. The van der Waals surface area contributed by atoms with E-state index in [9.17, 15) is 9.59 Å². The highest BCUT2D eigenvalue weighted by Gasteiger charge is 2.27. The molecule has 0 radical (unpaired) electrons. The second kappa shape index (κ2) is 10.5. The number of hydrogen-bond acceptors (Lipinski definition) is 4. The average molecular weight is 388 g/mol. The van der Waals surface area contributed by atoms with Crippen LogP contribution in [0.4, 0.5) is 0 Å². The number of carbonyl (C=O) groups is 2. The van der Waals surface area contributed by atoms with E-state index in [2.05, 4.69) is 11.8 Å². The maximum absolute atomic E-state index is 12.6. The molecule has 2 aliphatic rings. The third-order valence-electron chi connectivity index (χ3n) is 5.75. The Bertz CT molecular complexity index is 629. The third kappa shape index (κ3) is 5.96. The van der Waals surface area contributed by atoms with Crippen molar-refractivity contribution in [2.45, 2.75) is 45.1 Å². The molecule has 2 aliphatic heterocycles. The molecule has 2 saturated heterocycles. The molecule has 1 atom stereocenters. The zero-order chi connectivity index (χ0) is 19.8. The zero-order valence-electron chi connectivity index (χ0n) is 17.0. The summed E-state index contributed by atoms with van der Waals surface area (Å²) >= 11 is 0. The number of carbonyl (C=O) groups excluding carboxylic acids is 2. The molecule has 1 aromatic carbocycles. The van der Waals surface area contributed by atoms with E-state index in [1.165, 1.54) is 6.42 Å². The van der Waals surface area contributed by atoms with Gasteiger partial charge in [-0.2, -0.15) is 0 Å². The van der Waals surface area contributed by atoms with Crippen molar-refractivity contribution in [3.8, 4) is 5.75 Å². The highest BCUT2D eigenvalue weighted by molar-refractivity contribution is 5.79. The summed E-state index contributed by atoms with van der Waals surface area (Å²) < 4.78 is 5.65. The first-order valence-electron chi connectivity index (χ1n) is 10.6. The summed E-state index contributed by atoms with van der Waals surface area (Å²) in [5, 5.41) is 0. The van der Waals surface area contributed by atoms with Crippen molar-refractivity contribution in [2.75, 3.05) is 45.9 Å². The summed E-state index contributed by atoms with van der Waals surface area (Å²) in [6.07, 6.45) is 4.69. The van der Waals surface area contributed by atoms with Gasteiger partial charge in [0.05, 0.1) is 13.2 Å². The van der Waals surface area contributed by atoms with Crippen molar-refractivity contribution < 1.29 is 14.3 Å². The standard InChI is InChI=1S/C22H33N3O3/c1-19-8-5-6-12-25(19)22(27)18-23-13-15-24(16-14-23)21(26)11-7-17-28-20-9-3-2-4-10-20/h2-4,9-10,19H,5-8,11-18H2,1H3. The smallest absolute Gasteiger partial charge is 0.236 e. The number of amides is 2. The first-order valence-corrected chi connectivity index (χ1v) is 10.6. The largest absolute Gasteiger partial charge is 0.494 e. The number of hydrogen-bond donors (Lipinski definition) is 0. The van der Waals surface area contributed by atoms with Crippen LogP contribution in [-0.4, -0.2) is 78.4 Å². The molecule has 0 saturated carbocycles. The second-order valence-electron chi connectivity index (χ2n) is 7.85. The van der Waals surface area contributed by atoms with Crippen LogP contribution >= 0.6 is 0 Å². The molecule has 0 N–H and O–H groups in total. The van der Waals surface area contributed by atoms with Gasteiger partial charge in [-0.1, -0.05) is 18.2 Å². The molecular weight excluding hydrogens is 354 g/mol. The minimum Gasteiger partial charge on any atom is -0.494 e. The highest BCUT2D eigenvalue weighted by Crippen LogP contribution is 2.17. The fourth-order valence-corrected chi connectivity index (χ4v) is 3.99. The maximum Gasteiger partial charge on any atom is 0.236 e. The Morgan fingerprint density at radius 2 is 1.75 bits per heavy atom. The van der Waals surface area contributed by atoms with E-state index in [1.807, 2.05) is 40.1 Å². The van der Waals surface area contributed by atoms with Gasteiger partial charge in [0.1, 0.15) is 5.75 Å². The Morgan fingerprint density at radius 3 is 2.46 bits per heavy atom. The fraction of sp³-hybridized carbons (Fsp3) is 0.636. The topological polar surface area (TPSA) is 53.1 Å². The van der Waals surface area contributed by atoms with E-state index in [4.69, 9.17) is 4.74 Å². The number of benzene rings is 1. The van der Waals surface area contributed by atoms with Crippen LogP contribution in [0.25, 0.3) is 0 Å². The lowest BCUT2D eigenvalue weighted by atomic mass is 10.0. The first-order chi connectivity index (χ1) is 13.6. The van der Waals surface area contributed by atoms with Gasteiger partial charge in [0, 0.05) is 45.2 Å². The van der Waals surface area contributed by atoms with Gasteiger partial charge < -0.3 is 14.5 Å². The SMILES string of the molecule is CC1CCCCN1C(=O)CN1CCN(C(=O)CCCOc2ccccc2)CC1. The van der Waals surface area contributed by atoms with Gasteiger partial charge in [0.25, 0.3) is 0 Å². The normalized spacial score (nSPS) is 20.8. The summed E-state index contributed by atoms with van der Waals surface area (Å²) in [5.41, 5.74) is 0. The molecule has 6 heteroatoms. The van der Waals surface area contributed by atoms with Gasteiger partial charge in [0.15, 0.2) is 0 Å². The molecule has 0 aromatic heterocycles. The number of para-hydroxylation sites is 1. The molecule has 3 rings (SSSR count). The number of rotatable bonds is 7. The van der Waals surface area contributed by atoms with Crippen molar-refractivity contribution in [1.29, 1.82) is 0 Å². The molecule has 2 fully saturated rings. The summed E-state index contributed by atoms with van der Waals surface area (Å²) in [7, 11) is 0. The predicted octanol–water partition coefficient (Wildman–Crippen LogP) is 2.39. The van der Waals surface area contributed by atoms with Gasteiger partial charge in [-0.3, -0.25) is 14.5 Å². The van der Waals surface area contributed by atoms with Crippen LogP contribution in [0.3, 0.4) is 0 Å². The van der Waals surface area contributed by atoms with Gasteiger partial charge >= 0.3 is 0 Å². The first kappa shape index (κ1) is 20.6. The monoisotopic (exact) mass is 387 g/mol. The van der Waals surface area contributed by atoms with Crippen LogP contribution in [-0.2, 0) is 9.59 Å². The molecule has 0 spiro atoms. The summed E-state index contributed by atoms with van der Waals surface area (Å²) in [4.78, 5) is 31.1. The van der Waals surface area contributed by atoms with Crippen molar-refractivity contribution in [3.05, 3.63) is 30.3 Å². The van der Waals surface area contributed by atoms with Gasteiger partial charge in [-0.15, -0.1) is 0 Å². The number of nitrogens with zero attached hydrogens (tertiary/aromatic N) is 3. The average Bonchev–Trinajstić information content (AvgIpc) is 2.72. The molecule has 0 bridgehead atoms. The van der Waals surface area contributed by atoms with Gasteiger partial charge in [-0.25, -0.2) is 0 Å². The summed E-state index contributed by atoms with van der Waals surface area (Å²) in [6.45, 7) is 7.05. The van der Waals surface area contributed by atoms with Crippen molar-refractivity contribution >= 4 is 11.8 Å². The van der Waals surface area contributed by atoms with E-state index >= 15 is 0 Å². The van der Waals surface area contributed by atoms with E-state index in [1.54, 1.807) is 0 Å². The molecule has 0 aliphatic carbocycles. The quantitative estimate of drug-likeness (QED) is 0.674. The third-order valence-corrected chi connectivity index (χ3v) is 5.75. The Kier molecular flexibility index (Phi) is 7.71. The number of ether oxygens (including phenoxy) is 1. The summed E-state index contributed by atoms with van der Waals surface area (Å²) in [5.74, 6) is 1.27. The number of likely N-dealkylation sites (tertiary alicyclic amines) is 1. The van der Waals surface area contributed by atoms with Crippen LogP contribution in [0.15, 0.2) is 30.3 Å². The van der Waals surface area contributed by atoms with Crippen molar-refractivity contribution in [2.24, 2.45) is 0 Å². The Hall–Kier alpha value is -2.08. The van der Waals surface area contributed by atoms with Crippen molar-refractivity contribution in [1.82, 2.24) is 14.7 Å². The minimum absolute atomic E-state index is 0.187. The lowest BCUT2D eigenvalue weighted by Crippen LogP contribution is -2.53. The fourth-order valence-electron chi connectivity index (χ4n) is 3.99. The van der Waals surface area contributed by atoms with E-state index in [0.29, 0.717) is 38.7 Å². The molecular formula is C22H33N3O3. The van der Waals surface area contributed by atoms with Crippen LogP contribution in [0.5, 0.6) is 5.75 Å². The second-order valence-corrected chi connectivity index (χ2v) is 7.85. The molecule has 2 amide bonds. The number of piperidine rings is 1.